The van der Waals surface area contributed by atoms with Crippen molar-refractivity contribution in [3.8, 4) is 0 Å². The normalized spacial score (nSPS) is 15.4. The van der Waals surface area contributed by atoms with Crippen LogP contribution in [0.15, 0.2) is 24.3 Å². The van der Waals surface area contributed by atoms with Crippen molar-refractivity contribution < 1.29 is 0 Å². The smallest absolute Gasteiger partial charge is 0.0740 e. The first-order chi connectivity index (χ1) is 8.33. The topological polar surface area (TPSA) is 38.9 Å². The summed E-state index contributed by atoms with van der Waals surface area (Å²) in [5.74, 6) is 0.689. The molecule has 1 saturated carbocycles. The monoisotopic (exact) mass is 226 g/mol. The van der Waals surface area contributed by atoms with Crippen LogP contribution in [0.3, 0.4) is 0 Å². The van der Waals surface area contributed by atoms with Gasteiger partial charge >= 0.3 is 0 Å². The Kier molecular flexibility index (Phi) is 2.60. The van der Waals surface area contributed by atoms with Crippen molar-refractivity contribution in [2.75, 3.05) is 0 Å². The van der Waals surface area contributed by atoms with Gasteiger partial charge in [-0.3, -0.25) is 4.98 Å². The zero-order valence-electron chi connectivity index (χ0n) is 10.2. The van der Waals surface area contributed by atoms with Gasteiger partial charge in [0.2, 0.25) is 0 Å². The maximum Gasteiger partial charge on any atom is 0.0740 e. The molecule has 0 saturated heterocycles. The average molecular weight is 226 g/mol. The second-order valence-electron chi connectivity index (χ2n) is 4.85. The molecular weight excluding hydrogens is 208 g/mol. The van der Waals surface area contributed by atoms with Crippen molar-refractivity contribution in [2.24, 2.45) is 5.73 Å². The fourth-order valence-corrected chi connectivity index (χ4v) is 2.44. The lowest BCUT2D eigenvalue weighted by Crippen LogP contribution is -2.02. The van der Waals surface area contributed by atoms with Crippen molar-refractivity contribution in [2.45, 2.75) is 38.6 Å². The van der Waals surface area contributed by atoms with E-state index in [0.717, 1.165) is 6.42 Å². The highest BCUT2D eigenvalue weighted by atomic mass is 14.7. The highest BCUT2D eigenvalue weighted by Crippen LogP contribution is 2.40. The third-order valence-corrected chi connectivity index (χ3v) is 3.62. The lowest BCUT2D eigenvalue weighted by molar-refractivity contribution is 1.00. The molecule has 1 aromatic carbocycles. The number of aryl methyl sites for hydroxylation is 1. The molecule has 0 atom stereocenters. The molecule has 0 bridgehead atoms. The van der Waals surface area contributed by atoms with E-state index in [1.807, 2.05) is 0 Å². The predicted octanol–water partition coefficient (Wildman–Crippen LogP) is 3.13. The predicted molar refractivity (Wildman–Crippen MR) is 71.0 cm³/mol. The molecule has 0 amide bonds. The summed E-state index contributed by atoms with van der Waals surface area (Å²) in [5.41, 5.74) is 10.9. The van der Waals surface area contributed by atoms with Crippen LogP contribution in [0.4, 0.5) is 0 Å². The summed E-state index contributed by atoms with van der Waals surface area (Å²) in [6.45, 7) is 2.79. The lowest BCUT2D eigenvalue weighted by atomic mass is 10.0. The zero-order chi connectivity index (χ0) is 11.8. The van der Waals surface area contributed by atoms with E-state index in [9.17, 15) is 0 Å². The molecule has 2 N–H and O–H groups in total. The van der Waals surface area contributed by atoms with E-state index in [-0.39, 0.29) is 0 Å². The quantitative estimate of drug-likeness (QED) is 0.873. The van der Waals surface area contributed by atoms with Crippen molar-refractivity contribution >= 4 is 10.9 Å². The summed E-state index contributed by atoms with van der Waals surface area (Å²) in [5, 5.41) is 1.23. The first-order valence-electron chi connectivity index (χ1n) is 6.45. The summed E-state index contributed by atoms with van der Waals surface area (Å²) < 4.78 is 0. The van der Waals surface area contributed by atoms with E-state index in [4.69, 9.17) is 10.7 Å². The van der Waals surface area contributed by atoms with Crippen molar-refractivity contribution in [1.29, 1.82) is 0 Å². The summed E-state index contributed by atoms with van der Waals surface area (Å²) in [4.78, 5) is 4.86. The van der Waals surface area contributed by atoms with Gasteiger partial charge in [-0.1, -0.05) is 25.1 Å². The molecular formula is C15H18N2. The van der Waals surface area contributed by atoms with Crippen molar-refractivity contribution in [3.63, 3.8) is 0 Å². The number of para-hydroxylation sites is 1. The largest absolute Gasteiger partial charge is 0.326 e. The fourth-order valence-electron chi connectivity index (χ4n) is 2.44. The number of pyridine rings is 1. The van der Waals surface area contributed by atoms with E-state index >= 15 is 0 Å². The van der Waals surface area contributed by atoms with Gasteiger partial charge < -0.3 is 5.73 Å². The number of hydrogen-bond acceptors (Lipinski definition) is 2. The van der Waals surface area contributed by atoms with E-state index < -0.39 is 0 Å². The Morgan fingerprint density at radius 2 is 2.12 bits per heavy atom. The van der Waals surface area contributed by atoms with E-state index in [2.05, 4.69) is 31.2 Å². The van der Waals surface area contributed by atoms with Gasteiger partial charge in [-0.2, -0.15) is 0 Å². The molecule has 17 heavy (non-hydrogen) atoms. The van der Waals surface area contributed by atoms with Crippen molar-refractivity contribution in [1.82, 2.24) is 4.98 Å². The minimum Gasteiger partial charge on any atom is -0.326 e. The van der Waals surface area contributed by atoms with Gasteiger partial charge in [-0.25, -0.2) is 0 Å². The van der Waals surface area contributed by atoms with E-state index in [0.29, 0.717) is 12.5 Å². The lowest BCUT2D eigenvalue weighted by Gasteiger charge is -2.10. The number of nitrogens with two attached hydrogens (primary N) is 1. The molecule has 0 radical (unpaired) electrons. The van der Waals surface area contributed by atoms with Crippen LogP contribution in [0.5, 0.6) is 0 Å². The Morgan fingerprint density at radius 1 is 1.29 bits per heavy atom. The van der Waals surface area contributed by atoms with Gasteiger partial charge in [0.1, 0.15) is 0 Å². The minimum absolute atomic E-state index is 0.603. The first-order valence-corrected chi connectivity index (χ1v) is 6.45. The van der Waals surface area contributed by atoms with Gasteiger partial charge in [0.05, 0.1) is 5.52 Å². The van der Waals surface area contributed by atoms with Crippen LogP contribution in [0.25, 0.3) is 10.9 Å². The van der Waals surface area contributed by atoms with Crippen LogP contribution in [0.2, 0.25) is 0 Å². The van der Waals surface area contributed by atoms with E-state index in [1.54, 1.807) is 0 Å². The third-order valence-electron chi connectivity index (χ3n) is 3.62. The Labute approximate surface area is 102 Å². The molecule has 1 heterocycles. The minimum atomic E-state index is 0.603. The highest BCUT2D eigenvalue weighted by molar-refractivity contribution is 5.85. The number of rotatable bonds is 3. The van der Waals surface area contributed by atoms with Gasteiger partial charge in [0.15, 0.2) is 0 Å². The van der Waals surface area contributed by atoms with Gasteiger partial charge in [-0.15, -0.1) is 0 Å². The second-order valence-corrected chi connectivity index (χ2v) is 4.85. The molecule has 1 aliphatic carbocycles. The van der Waals surface area contributed by atoms with Gasteiger partial charge in [0.25, 0.3) is 0 Å². The number of aromatic nitrogens is 1. The molecule has 1 fully saturated rings. The third kappa shape index (κ3) is 1.83. The molecule has 1 aromatic heterocycles. The molecule has 88 valence electrons. The number of fused-ring (bicyclic) bond motifs is 1. The van der Waals surface area contributed by atoms with Crippen molar-refractivity contribution in [3.05, 3.63) is 41.1 Å². The molecule has 3 rings (SSSR count). The average Bonchev–Trinajstić information content (AvgIpc) is 3.20. The zero-order valence-corrected chi connectivity index (χ0v) is 10.2. The Balaban J connectivity index is 2.28. The standard InChI is InChI=1S/C15H18N2/c1-2-10-4-3-5-13-12(9-16)8-14(11-6-7-11)17-15(10)13/h3-5,8,11H,2,6-7,9,16H2,1H3. The maximum absolute atomic E-state index is 5.87. The molecule has 2 aromatic rings. The number of hydrogen-bond donors (Lipinski definition) is 1. The molecule has 0 spiro atoms. The summed E-state index contributed by atoms with van der Waals surface area (Å²) in [7, 11) is 0. The Bertz CT molecular complexity index is 556. The molecule has 0 unspecified atom stereocenters. The molecule has 2 heteroatoms. The molecule has 2 nitrogen and oxygen atoms in total. The van der Waals surface area contributed by atoms with Gasteiger partial charge in [0, 0.05) is 23.5 Å². The second kappa shape index (κ2) is 4.11. The summed E-state index contributed by atoms with van der Waals surface area (Å²) in [6, 6.07) is 8.63. The van der Waals surface area contributed by atoms with Gasteiger partial charge in [-0.05, 0) is 36.5 Å². The van der Waals surface area contributed by atoms with Crippen LogP contribution in [-0.4, -0.2) is 4.98 Å². The summed E-state index contributed by atoms with van der Waals surface area (Å²) in [6.07, 6.45) is 3.61. The summed E-state index contributed by atoms with van der Waals surface area (Å²) >= 11 is 0. The van der Waals surface area contributed by atoms with Crippen LogP contribution in [0.1, 0.15) is 42.5 Å². The molecule has 1 aliphatic rings. The Morgan fingerprint density at radius 3 is 2.76 bits per heavy atom. The fraction of sp³-hybridized carbons (Fsp3) is 0.400. The number of benzene rings is 1. The van der Waals surface area contributed by atoms with Crippen LogP contribution in [0, 0.1) is 0 Å². The SMILES string of the molecule is CCc1cccc2c(CN)cc(C3CC3)nc12. The van der Waals surface area contributed by atoms with Crippen LogP contribution in [-0.2, 0) is 13.0 Å². The maximum atomic E-state index is 5.87. The Hall–Kier alpha value is -1.41. The highest BCUT2D eigenvalue weighted by Gasteiger charge is 2.26. The molecule has 0 aliphatic heterocycles. The van der Waals surface area contributed by atoms with Crippen LogP contribution >= 0.6 is 0 Å². The van der Waals surface area contributed by atoms with Crippen LogP contribution < -0.4 is 5.73 Å². The van der Waals surface area contributed by atoms with E-state index in [1.165, 1.54) is 40.6 Å². The first kappa shape index (κ1) is 10.7. The number of nitrogens with zero attached hydrogens (tertiary/aromatic N) is 1.